The van der Waals surface area contributed by atoms with Crippen LogP contribution >= 0.6 is 28.6 Å². The van der Waals surface area contributed by atoms with Crippen molar-refractivity contribution in [2.24, 2.45) is 11.5 Å². The number of amides is 6. The molecule has 6 atom stereocenters. The Hall–Kier alpha value is -4.65. The molecule has 55 heavy (non-hydrogen) atoms. The zero-order valence-electron chi connectivity index (χ0n) is 31.5. The van der Waals surface area contributed by atoms with Gasteiger partial charge in [-0.3, -0.25) is 28.8 Å². The fourth-order valence-electron chi connectivity index (χ4n) is 5.79. The van der Waals surface area contributed by atoms with Gasteiger partial charge in [0, 0.05) is 29.9 Å². The zero-order chi connectivity index (χ0) is 41.4. The second kappa shape index (κ2) is 22.7. The van der Waals surface area contributed by atoms with Crippen LogP contribution in [0.2, 0.25) is 1.41 Å². The fraction of sp³-hybridized carbons (Fsp3) is 0.459. The van der Waals surface area contributed by atoms with Crippen LogP contribution < -0.4 is 38.0 Å². The summed E-state index contributed by atoms with van der Waals surface area (Å²) in [6.45, 7) is 1.57. The zero-order valence-corrected chi connectivity index (χ0v) is 33.0. The maximum atomic E-state index is 14.3. The highest BCUT2D eigenvalue weighted by Gasteiger charge is 2.34. The summed E-state index contributed by atoms with van der Waals surface area (Å²) < 4.78 is 8.50. The maximum Gasteiger partial charge on any atom is 0.245 e. The molecule has 3 rings (SSSR count). The normalized spacial score (nSPS) is 14.7. The molecule has 0 unspecified atom stereocenters. The Labute approximate surface area is 334 Å². The Morgan fingerprint density at radius 1 is 0.836 bits per heavy atom. The van der Waals surface area contributed by atoms with Crippen LogP contribution in [-0.2, 0) is 41.6 Å². The van der Waals surface area contributed by atoms with Crippen molar-refractivity contribution >= 4 is 74.9 Å². The summed E-state index contributed by atoms with van der Waals surface area (Å²) in [4.78, 5) is 83.1. The predicted octanol–water partition coefficient (Wildman–Crippen LogP) is 0.183. The second-order valence-corrected chi connectivity index (χ2v) is 14.1. The van der Waals surface area contributed by atoms with Crippen molar-refractivity contribution in [3.05, 3.63) is 65.9 Å². The number of thiol groups is 1. The third-order valence-electron chi connectivity index (χ3n) is 8.77. The van der Waals surface area contributed by atoms with Crippen molar-refractivity contribution < 1.29 is 40.4 Å². The lowest BCUT2D eigenvalue weighted by molar-refractivity contribution is -0.136. The molecule has 0 saturated carbocycles. The number of primary amides is 1. The lowest BCUT2D eigenvalue weighted by Crippen LogP contribution is -2.61. The van der Waals surface area contributed by atoms with Crippen LogP contribution in [0.1, 0.15) is 50.2 Å². The van der Waals surface area contributed by atoms with Gasteiger partial charge in [-0.2, -0.15) is 12.6 Å². The minimum atomic E-state index is -1.54. The number of carbonyl (C=O) groups excluding carboxylic acids is 6. The third-order valence-corrected chi connectivity index (χ3v) is 9.56. The van der Waals surface area contributed by atoms with Crippen molar-refractivity contribution in [2.45, 2.75) is 88.2 Å². The maximum absolute atomic E-state index is 14.3. The number of unbranched alkanes of at least 4 members (excludes halogenated alkanes) is 1. The summed E-state index contributed by atoms with van der Waals surface area (Å²) >= 11 is 7.16. The molecule has 1 heterocycles. The molecule has 300 valence electrons. The summed E-state index contributed by atoms with van der Waals surface area (Å²) in [7, 11) is 0. The first-order chi connectivity index (χ1) is 26.7. The number of fused-ring (bicyclic) bond motifs is 1. The average Bonchev–Trinajstić information content (AvgIpc) is 3.58. The molecule has 0 bridgehead atoms. The average molecular weight is 849 g/mol. The van der Waals surface area contributed by atoms with Gasteiger partial charge in [0.05, 0.1) is 11.4 Å². The van der Waals surface area contributed by atoms with E-state index in [0.717, 1.165) is 10.9 Å². The Kier molecular flexibility index (Phi) is 17.8. The molecule has 0 radical (unpaired) electrons. The number of nitrogens with two attached hydrogens (primary N) is 2. The summed E-state index contributed by atoms with van der Waals surface area (Å²) in [6.07, 6.45) is 1.62. The number of phenols is 1. The molecule has 0 aliphatic rings. The molecule has 12 N–H and O–H groups in total. The molecular formula is C37H51BrN8O8S. The number of rotatable bonds is 23. The quantitative estimate of drug-likeness (QED) is 0.0353. The summed E-state index contributed by atoms with van der Waals surface area (Å²) in [5.74, 6) is -4.44. The number of phenolic OH excluding ortho intramolecular Hbond substituents is 1. The number of benzene rings is 2. The van der Waals surface area contributed by atoms with E-state index in [-0.39, 0.29) is 36.8 Å². The molecule has 3 aromatic rings. The molecule has 0 fully saturated rings. The molecule has 1 aromatic heterocycles. The van der Waals surface area contributed by atoms with Gasteiger partial charge < -0.3 is 53.2 Å². The topological polar surface area (TPSA) is 271 Å². The second-order valence-electron chi connectivity index (χ2n) is 13.1. The van der Waals surface area contributed by atoms with E-state index in [1.165, 1.54) is 19.1 Å². The van der Waals surface area contributed by atoms with Gasteiger partial charge in [0.15, 0.2) is 1.41 Å². The first-order valence-corrected chi connectivity index (χ1v) is 19.7. The number of aliphatic hydroxyl groups is 1. The number of para-hydroxylation sites is 1. The van der Waals surface area contributed by atoms with Crippen LogP contribution in [0.15, 0.2) is 54.7 Å². The Bertz CT molecular complexity index is 1800. The van der Waals surface area contributed by atoms with Crippen molar-refractivity contribution in [2.75, 3.05) is 17.6 Å². The number of halogens is 1. The van der Waals surface area contributed by atoms with Crippen LogP contribution in [-0.4, -0.2) is 105 Å². The number of carbonyl (C=O) groups is 6. The summed E-state index contributed by atoms with van der Waals surface area (Å²) in [5.41, 5.74) is 13.1. The van der Waals surface area contributed by atoms with Gasteiger partial charge in [0.1, 0.15) is 36.0 Å². The SMILES string of the molecule is [2H]N(C(=O)CBr)[C@@H](Cc1ccc(O)cc1)C(=O)N[C@@H](Cc1c[nH]c2ccccc12)C(=O)N[C@@H](CCCCN)C(=O)N[C@H](C(=O)N[C@@H](CCCS)C(N)=O)[C@@H](C)O. The summed E-state index contributed by atoms with van der Waals surface area (Å²) in [6, 6.07) is 6.54. The number of aromatic hydroxyl groups is 1. The number of nitrogens with one attached hydrogen (secondary N) is 6. The van der Waals surface area contributed by atoms with Crippen molar-refractivity contribution in [3.63, 3.8) is 0 Å². The Morgan fingerprint density at radius 3 is 2.09 bits per heavy atom. The van der Waals surface area contributed by atoms with Gasteiger partial charge in [-0.15, -0.1) is 0 Å². The molecular weight excluding hydrogens is 796 g/mol. The standard InChI is InChI=1S/C37H51BrN8O8S/c1-21(47)32(37(54)43-27(33(40)50)10-6-16-55)46-34(51)28(9-4-5-15-39)44-36(53)30(18-23-20-41-26-8-3-2-7-25(23)26)45-35(52)29(42-31(49)19-38)17-22-11-13-24(48)14-12-22/h2-3,7-8,11-14,20-21,27-30,32,41,47-48,55H,4-6,9-10,15-19,39H2,1H3,(H2,40,50)(H,42,49)(H,43,54)(H,44,53)(H,45,52)(H,46,51)/t21-,27+,28+,29+,30+,32+/m1/s1/i/hD. The number of aliphatic hydroxyl groups excluding tert-OH is 1. The highest BCUT2D eigenvalue weighted by Crippen LogP contribution is 2.20. The number of H-pyrrole nitrogens is 1. The first kappa shape index (κ1) is 43.1. The van der Waals surface area contributed by atoms with Crippen LogP contribution in [0.3, 0.4) is 0 Å². The fourth-order valence-corrected chi connectivity index (χ4v) is 6.12. The van der Waals surface area contributed by atoms with E-state index < -0.39 is 71.8 Å². The first-order valence-electron chi connectivity index (χ1n) is 18.3. The van der Waals surface area contributed by atoms with E-state index in [2.05, 4.69) is 54.8 Å². The predicted molar refractivity (Wildman–Crippen MR) is 214 cm³/mol. The number of aromatic nitrogens is 1. The lowest BCUT2D eigenvalue weighted by Gasteiger charge is -2.28. The smallest absolute Gasteiger partial charge is 0.245 e. The molecule has 6 amide bonds. The molecule has 0 spiro atoms. The lowest BCUT2D eigenvalue weighted by atomic mass is 10.0. The van der Waals surface area contributed by atoms with Crippen LogP contribution in [0.25, 0.3) is 10.9 Å². The van der Waals surface area contributed by atoms with E-state index in [4.69, 9.17) is 12.9 Å². The van der Waals surface area contributed by atoms with Gasteiger partial charge in [0.25, 0.3) is 0 Å². The number of hydrogen-bond acceptors (Lipinski definition) is 10. The van der Waals surface area contributed by atoms with Crippen molar-refractivity contribution in [1.82, 2.24) is 31.6 Å². The molecule has 0 saturated heterocycles. The highest BCUT2D eigenvalue weighted by molar-refractivity contribution is 9.09. The monoisotopic (exact) mass is 847 g/mol. The van der Waals surface area contributed by atoms with Gasteiger partial charge in [-0.05, 0) is 80.7 Å². The van der Waals surface area contributed by atoms with Gasteiger partial charge in [-0.25, -0.2) is 0 Å². The number of hydrogen-bond donors (Lipinski definition) is 11. The molecule has 2 aromatic carbocycles. The van der Waals surface area contributed by atoms with Gasteiger partial charge >= 0.3 is 0 Å². The van der Waals surface area contributed by atoms with Crippen molar-refractivity contribution in [3.8, 4) is 5.75 Å². The number of aromatic amines is 1. The molecule has 16 nitrogen and oxygen atoms in total. The minimum Gasteiger partial charge on any atom is -0.508 e. The van der Waals surface area contributed by atoms with Crippen LogP contribution in [0, 0.1) is 0 Å². The van der Waals surface area contributed by atoms with Crippen molar-refractivity contribution in [1.29, 1.82) is 0 Å². The molecule has 18 heteroatoms. The van der Waals surface area contributed by atoms with E-state index in [1.807, 2.05) is 24.3 Å². The van der Waals surface area contributed by atoms with Crippen LogP contribution in [0.4, 0.5) is 0 Å². The van der Waals surface area contributed by atoms with E-state index in [9.17, 15) is 39.0 Å². The van der Waals surface area contributed by atoms with E-state index in [1.54, 1.807) is 18.3 Å². The highest BCUT2D eigenvalue weighted by atomic mass is 79.9. The Morgan fingerprint density at radius 2 is 1.45 bits per heavy atom. The van der Waals surface area contributed by atoms with Gasteiger partial charge in [0.2, 0.25) is 35.4 Å². The Balaban J connectivity index is 1.95. The molecule has 0 aliphatic heterocycles. The van der Waals surface area contributed by atoms with E-state index >= 15 is 0 Å². The number of alkyl halides is 1. The largest absolute Gasteiger partial charge is 0.508 e. The van der Waals surface area contributed by atoms with Crippen LogP contribution in [0.5, 0.6) is 5.75 Å². The van der Waals surface area contributed by atoms with E-state index in [0.29, 0.717) is 48.0 Å². The van der Waals surface area contributed by atoms with Gasteiger partial charge in [-0.1, -0.05) is 46.3 Å². The third kappa shape index (κ3) is 14.2. The minimum absolute atomic E-state index is 0.0194. The summed E-state index contributed by atoms with van der Waals surface area (Å²) in [5, 5.41) is 31.6. The molecule has 0 aliphatic carbocycles.